The first kappa shape index (κ1) is 16.6. The van der Waals surface area contributed by atoms with Crippen LogP contribution >= 0.6 is 12.2 Å². The molecule has 1 atom stereocenters. The van der Waals surface area contributed by atoms with Gasteiger partial charge in [0.15, 0.2) is 5.11 Å². The lowest BCUT2D eigenvalue weighted by atomic mass is 9.97. The maximum absolute atomic E-state index is 13.1. The first-order chi connectivity index (χ1) is 12.4. The molecular formula is C19H18N4O2S. The van der Waals surface area contributed by atoms with Gasteiger partial charge < -0.3 is 9.67 Å². The van der Waals surface area contributed by atoms with E-state index in [-0.39, 0.29) is 16.9 Å². The second-order valence-corrected chi connectivity index (χ2v) is 6.79. The summed E-state index contributed by atoms with van der Waals surface area (Å²) >= 11 is 5.45. The molecule has 0 spiro atoms. The lowest BCUT2D eigenvalue weighted by Gasteiger charge is -2.35. The van der Waals surface area contributed by atoms with E-state index < -0.39 is 5.66 Å². The Hall–Kier alpha value is -2.90. The molecule has 132 valence electrons. The van der Waals surface area contributed by atoms with Gasteiger partial charge in [0.2, 0.25) is 0 Å². The van der Waals surface area contributed by atoms with Gasteiger partial charge in [-0.25, -0.2) is 5.43 Å². The van der Waals surface area contributed by atoms with Crippen LogP contribution in [0, 0.1) is 0 Å². The zero-order valence-corrected chi connectivity index (χ0v) is 15.2. The smallest absolute Gasteiger partial charge is 0.261 e. The third-order valence-electron chi connectivity index (χ3n) is 4.84. The van der Waals surface area contributed by atoms with Crippen LogP contribution in [-0.2, 0) is 12.7 Å². The predicted octanol–water partition coefficient (Wildman–Crippen LogP) is 2.32. The van der Waals surface area contributed by atoms with Crippen molar-refractivity contribution in [3.05, 3.63) is 70.5 Å². The number of fused-ring (bicyclic) bond motifs is 1. The molecule has 1 saturated heterocycles. The van der Waals surface area contributed by atoms with Gasteiger partial charge in [-0.15, -0.1) is 0 Å². The van der Waals surface area contributed by atoms with Gasteiger partial charge in [0.1, 0.15) is 17.0 Å². The van der Waals surface area contributed by atoms with Crippen LogP contribution in [0.4, 0.5) is 5.69 Å². The molecule has 0 saturated carbocycles. The molecular weight excluding hydrogens is 348 g/mol. The molecule has 1 fully saturated rings. The highest BCUT2D eigenvalue weighted by Gasteiger charge is 2.46. The maximum Gasteiger partial charge on any atom is 0.261 e. The van der Waals surface area contributed by atoms with Crippen LogP contribution in [0.15, 0.2) is 59.4 Å². The third-order valence-corrected chi connectivity index (χ3v) is 5.12. The average molecular weight is 366 g/mol. The van der Waals surface area contributed by atoms with E-state index in [4.69, 9.17) is 12.2 Å². The van der Waals surface area contributed by atoms with Crippen molar-refractivity contribution >= 4 is 33.9 Å². The fraction of sp³-hybridized carbons (Fsp3) is 0.158. The van der Waals surface area contributed by atoms with E-state index in [1.54, 1.807) is 22.6 Å². The Morgan fingerprint density at radius 1 is 1.08 bits per heavy atom. The van der Waals surface area contributed by atoms with Crippen molar-refractivity contribution in [1.82, 2.24) is 15.4 Å². The summed E-state index contributed by atoms with van der Waals surface area (Å²) in [5, 5.41) is 12.0. The number of thiocarbonyl (C=S) groups is 1. The number of hydrazine groups is 1. The van der Waals surface area contributed by atoms with E-state index in [2.05, 4.69) is 10.9 Å². The second kappa shape index (κ2) is 5.82. The fourth-order valence-corrected chi connectivity index (χ4v) is 3.87. The van der Waals surface area contributed by atoms with Gasteiger partial charge in [0.05, 0.1) is 5.52 Å². The Morgan fingerprint density at radius 3 is 2.46 bits per heavy atom. The van der Waals surface area contributed by atoms with Gasteiger partial charge in [0, 0.05) is 18.1 Å². The van der Waals surface area contributed by atoms with Crippen molar-refractivity contribution in [3.63, 3.8) is 0 Å². The van der Waals surface area contributed by atoms with Crippen molar-refractivity contribution in [3.8, 4) is 5.75 Å². The fourth-order valence-electron chi connectivity index (χ4n) is 3.54. The second-order valence-electron chi connectivity index (χ2n) is 6.40. The molecule has 0 unspecified atom stereocenters. The average Bonchev–Trinajstić information content (AvgIpc) is 2.96. The number of hydrogen-bond acceptors (Lipinski definition) is 4. The summed E-state index contributed by atoms with van der Waals surface area (Å²) in [5.74, 6) is -0.0499. The van der Waals surface area contributed by atoms with Crippen molar-refractivity contribution in [1.29, 1.82) is 0 Å². The molecule has 1 aliphatic rings. The number of rotatable bonds is 2. The molecule has 6 nitrogen and oxygen atoms in total. The first-order valence-corrected chi connectivity index (χ1v) is 8.59. The predicted molar refractivity (Wildman–Crippen MR) is 106 cm³/mol. The Kier molecular flexibility index (Phi) is 3.71. The normalized spacial score (nSPS) is 19.8. The van der Waals surface area contributed by atoms with Gasteiger partial charge >= 0.3 is 0 Å². The number of anilines is 1. The van der Waals surface area contributed by atoms with Crippen molar-refractivity contribution in [2.45, 2.75) is 12.6 Å². The van der Waals surface area contributed by atoms with Crippen molar-refractivity contribution < 1.29 is 5.11 Å². The Labute approximate surface area is 155 Å². The van der Waals surface area contributed by atoms with Gasteiger partial charge in [-0.05, 0) is 43.4 Å². The highest BCUT2D eigenvalue weighted by molar-refractivity contribution is 7.80. The van der Waals surface area contributed by atoms with Gasteiger partial charge in [-0.3, -0.25) is 15.1 Å². The summed E-state index contributed by atoms with van der Waals surface area (Å²) in [6.07, 6.45) is 0. The molecule has 1 aliphatic heterocycles. The molecule has 1 aromatic heterocycles. The highest BCUT2D eigenvalue weighted by Crippen LogP contribution is 2.38. The van der Waals surface area contributed by atoms with Crippen molar-refractivity contribution in [2.24, 2.45) is 7.05 Å². The number of aromatic hydroxyl groups is 1. The summed E-state index contributed by atoms with van der Waals surface area (Å²) in [7, 11) is 1.70. The molecule has 3 aromatic rings. The molecule has 3 N–H and O–H groups in total. The van der Waals surface area contributed by atoms with E-state index in [0.717, 1.165) is 5.69 Å². The van der Waals surface area contributed by atoms with E-state index in [1.807, 2.05) is 55.5 Å². The van der Waals surface area contributed by atoms with Crippen LogP contribution in [0.25, 0.3) is 10.9 Å². The van der Waals surface area contributed by atoms with Crippen LogP contribution in [0.1, 0.15) is 12.5 Å². The number of para-hydroxylation sites is 2. The summed E-state index contributed by atoms with van der Waals surface area (Å²) in [6, 6.07) is 16.8. The Bertz CT molecular complexity index is 1080. The number of nitrogens with one attached hydrogen (secondary N) is 2. The summed E-state index contributed by atoms with van der Waals surface area (Å²) in [6.45, 7) is 1.82. The minimum absolute atomic E-state index is 0.0499. The first-order valence-electron chi connectivity index (χ1n) is 8.19. The summed E-state index contributed by atoms with van der Waals surface area (Å²) in [5.41, 5.74) is 6.38. The largest absolute Gasteiger partial charge is 0.507 e. The molecule has 0 aliphatic carbocycles. The molecule has 26 heavy (non-hydrogen) atoms. The summed E-state index contributed by atoms with van der Waals surface area (Å²) < 4.78 is 1.54. The van der Waals surface area contributed by atoms with Crippen LogP contribution < -0.4 is 21.3 Å². The maximum atomic E-state index is 13.1. The Balaban J connectivity index is 2.02. The third kappa shape index (κ3) is 2.21. The van der Waals surface area contributed by atoms with Crippen LogP contribution in [0.2, 0.25) is 0 Å². The van der Waals surface area contributed by atoms with E-state index in [0.29, 0.717) is 16.0 Å². The molecule has 7 heteroatoms. The standard InChI is InChI=1S/C19H18N4O2S/c1-19(21-20-18(26)23(19)12-8-4-3-5-9-12)15-16(24)13-10-6-7-11-14(13)22(2)17(15)25/h3-11,21,24H,1-2H3,(H,20,26)/t19-/m0/s1. The van der Waals surface area contributed by atoms with E-state index >= 15 is 0 Å². The highest BCUT2D eigenvalue weighted by atomic mass is 32.1. The lowest BCUT2D eigenvalue weighted by molar-refractivity contribution is 0.374. The number of hydrogen-bond donors (Lipinski definition) is 3. The number of benzene rings is 2. The molecule has 4 rings (SSSR count). The van der Waals surface area contributed by atoms with Gasteiger partial charge in [-0.2, -0.15) is 0 Å². The van der Waals surface area contributed by atoms with Gasteiger partial charge in [0.25, 0.3) is 5.56 Å². The van der Waals surface area contributed by atoms with E-state index in [1.165, 1.54) is 0 Å². The lowest BCUT2D eigenvalue weighted by Crippen LogP contribution is -2.51. The Morgan fingerprint density at radius 2 is 1.73 bits per heavy atom. The zero-order chi connectivity index (χ0) is 18.5. The molecule has 2 heterocycles. The topological polar surface area (TPSA) is 69.5 Å². The van der Waals surface area contributed by atoms with Crippen molar-refractivity contribution in [2.75, 3.05) is 4.90 Å². The van der Waals surface area contributed by atoms with E-state index in [9.17, 15) is 9.90 Å². The zero-order valence-electron chi connectivity index (χ0n) is 14.4. The monoisotopic (exact) mass is 366 g/mol. The number of nitrogens with zero attached hydrogens (tertiary/aromatic N) is 2. The van der Waals surface area contributed by atoms with Gasteiger partial charge in [-0.1, -0.05) is 30.3 Å². The minimum Gasteiger partial charge on any atom is -0.507 e. The number of aromatic nitrogens is 1. The molecule has 0 radical (unpaired) electrons. The number of pyridine rings is 1. The summed E-state index contributed by atoms with van der Waals surface area (Å²) in [4.78, 5) is 14.9. The minimum atomic E-state index is -1.05. The number of aryl methyl sites for hydroxylation is 1. The van der Waals surface area contributed by atoms with Crippen LogP contribution in [0.5, 0.6) is 5.75 Å². The molecule has 2 aromatic carbocycles. The molecule has 0 bridgehead atoms. The van der Waals surface area contributed by atoms with Crippen LogP contribution in [0.3, 0.4) is 0 Å². The molecule has 0 amide bonds. The quantitative estimate of drug-likeness (QED) is 0.605. The van der Waals surface area contributed by atoms with Crippen LogP contribution in [-0.4, -0.2) is 14.8 Å². The SMILES string of the molecule is Cn1c(=O)c([C@@]2(C)NNC(=S)N2c2ccccc2)c(O)c2ccccc21.